The average molecular weight is 336 g/mol. The van der Waals surface area contributed by atoms with Crippen LogP contribution in [0.2, 0.25) is 0 Å². The molecule has 0 heterocycles. The van der Waals surface area contributed by atoms with Crippen LogP contribution in [0.4, 0.5) is 9.18 Å². The first kappa shape index (κ1) is 20.2. The number of hydrogen-bond donors (Lipinski definition) is 1. The summed E-state index contributed by atoms with van der Waals surface area (Å²) in [5.41, 5.74) is -1.03. The van der Waals surface area contributed by atoms with Crippen LogP contribution in [0.5, 0.6) is 0 Å². The summed E-state index contributed by atoms with van der Waals surface area (Å²) < 4.78 is 13.1. The van der Waals surface area contributed by atoms with E-state index in [9.17, 15) is 19.4 Å². The van der Waals surface area contributed by atoms with Gasteiger partial charge in [-0.05, 0) is 42.9 Å². The molecule has 0 radical (unpaired) electrons. The number of amides is 1. The number of rotatable bonds is 7. The SMILES string of the molecule is C=CCC(O)(CCN(C(=O)[O-])[C@@H](C)C(C)(C)C)c1ccc(F)cc1. The maximum atomic E-state index is 13.1. The van der Waals surface area contributed by atoms with E-state index < -0.39 is 17.5 Å². The number of hydrogen-bond acceptors (Lipinski definition) is 3. The highest BCUT2D eigenvalue weighted by molar-refractivity contribution is 5.63. The van der Waals surface area contributed by atoms with Gasteiger partial charge in [-0.15, -0.1) is 6.58 Å². The fraction of sp³-hybridized carbons (Fsp3) is 0.526. The Morgan fingerprint density at radius 3 is 2.33 bits per heavy atom. The third-order valence-electron chi connectivity index (χ3n) is 4.59. The smallest absolute Gasteiger partial charge is 0.137 e. The lowest BCUT2D eigenvalue weighted by molar-refractivity contribution is -0.270. The van der Waals surface area contributed by atoms with Crippen LogP contribution < -0.4 is 5.11 Å². The van der Waals surface area contributed by atoms with Crippen LogP contribution in [-0.2, 0) is 5.60 Å². The lowest BCUT2D eigenvalue weighted by Gasteiger charge is -2.41. The fourth-order valence-electron chi connectivity index (χ4n) is 2.58. The molecule has 0 saturated carbocycles. The van der Waals surface area contributed by atoms with Crippen molar-refractivity contribution in [1.82, 2.24) is 4.90 Å². The topological polar surface area (TPSA) is 63.6 Å². The Kier molecular flexibility index (Phi) is 6.55. The summed E-state index contributed by atoms with van der Waals surface area (Å²) in [7, 11) is 0. The summed E-state index contributed by atoms with van der Waals surface area (Å²) >= 11 is 0. The molecule has 1 aromatic carbocycles. The van der Waals surface area contributed by atoms with Crippen molar-refractivity contribution < 1.29 is 19.4 Å². The summed E-state index contributed by atoms with van der Waals surface area (Å²) in [5, 5.41) is 22.5. The zero-order valence-corrected chi connectivity index (χ0v) is 14.9. The third kappa shape index (κ3) is 5.06. The van der Waals surface area contributed by atoms with Crippen LogP contribution in [0.1, 0.15) is 46.1 Å². The van der Waals surface area contributed by atoms with E-state index in [1.807, 2.05) is 27.7 Å². The highest BCUT2D eigenvalue weighted by Crippen LogP contribution is 2.31. The molecule has 0 aliphatic carbocycles. The molecule has 2 atom stereocenters. The van der Waals surface area contributed by atoms with Gasteiger partial charge in [0.05, 0.1) is 5.60 Å². The molecule has 0 aromatic heterocycles. The van der Waals surface area contributed by atoms with E-state index in [1.54, 1.807) is 6.08 Å². The molecule has 0 saturated heterocycles. The molecule has 1 amide bonds. The van der Waals surface area contributed by atoms with Gasteiger partial charge in [-0.2, -0.15) is 0 Å². The number of halogens is 1. The maximum Gasteiger partial charge on any atom is 0.137 e. The van der Waals surface area contributed by atoms with Gasteiger partial charge in [0.25, 0.3) is 0 Å². The van der Waals surface area contributed by atoms with Crippen molar-refractivity contribution in [1.29, 1.82) is 0 Å². The molecule has 1 aromatic rings. The Hall–Kier alpha value is -1.88. The molecule has 24 heavy (non-hydrogen) atoms. The number of benzene rings is 1. The molecular formula is C19H27FNO3-. The van der Waals surface area contributed by atoms with Gasteiger partial charge in [0.15, 0.2) is 0 Å². The summed E-state index contributed by atoms with van der Waals surface area (Å²) in [4.78, 5) is 12.7. The van der Waals surface area contributed by atoms with Crippen molar-refractivity contribution in [2.24, 2.45) is 5.41 Å². The van der Waals surface area contributed by atoms with Gasteiger partial charge in [0, 0.05) is 12.6 Å². The molecule has 0 aliphatic rings. The molecular weight excluding hydrogens is 309 g/mol. The normalized spacial score (nSPS) is 15.4. The van der Waals surface area contributed by atoms with Crippen LogP contribution in [0.3, 0.4) is 0 Å². The van der Waals surface area contributed by atoms with Crippen LogP contribution in [0.25, 0.3) is 0 Å². The van der Waals surface area contributed by atoms with Gasteiger partial charge in [0.2, 0.25) is 0 Å². The lowest BCUT2D eigenvalue weighted by Crippen LogP contribution is -2.52. The second-order valence-electron chi connectivity index (χ2n) is 7.28. The quantitative estimate of drug-likeness (QED) is 0.778. The van der Waals surface area contributed by atoms with Crippen molar-refractivity contribution in [2.75, 3.05) is 6.54 Å². The summed E-state index contributed by atoms with van der Waals surface area (Å²) in [6.07, 6.45) is 0.708. The molecule has 1 rings (SSSR count). The summed E-state index contributed by atoms with van der Waals surface area (Å²) in [6, 6.07) is 5.30. The zero-order valence-electron chi connectivity index (χ0n) is 14.9. The Balaban J connectivity index is 3.00. The van der Waals surface area contributed by atoms with Crippen LogP contribution in [0.15, 0.2) is 36.9 Å². The average Bonchev–Trinajstić information content (AvgIpc) is 2.46. The molecule has 134 valence electrons. The second kappa shape index (κ2) is 7.79. The van der Waals surface area contributed by atoms with E-state index in [4.69, 9.17) is 0 Å². The first-order chi connectivity index (χ1) is 11.0. The van der Waals surface area contributed by atoms with Gasteiger partial charge >= 0.3 is 0 Å². The van der Waals surface area contributed by atoms with Crippen LogP contribution >= 0.6 is 0 Å². The molecule has 0 fully saturated rings. The van der Waals surface area contributed by atoms with Crippen molar-refractivity contribution in [3.63, 3.8) is 0 Å². The number of carbonyl (C=O) groups excluding carboxylic acids is 1. The molecule has 0 bridgehead atoms. The van der Waals surface area contributed by atoms with E-state index in [0.717, 1.165) is 0 Å². The predicted molar refractivity (Wildman–Crippen MR) is 90.7 cm³/mol. The van der Waals surface area contributed by atoms with Crippen LogP contribution in [-0.4, -0.2) is 28.7 Å². The largest absolute Gasteiger partial charge is 0.530 e. The number of nitrogens with zero attached hydrogens (tertiary/aromatic N) is 1. The van der Waals surface area contributed by atoms with E-state index >= 15 is 0 Å². The second-order valence-corrected chi connectivity index (χ2v) is 7.28. The van der Waals surface area contributed by atoms with Crippen molar-refractivity contribution in [2.45, 2.75) is 52.2 Å². The van der Waals surface area contributed by atoms with E-state index in [0.29, 0.717) is 5.56 Å². The third-order valence-corrected chi connectivity index (χ3v) is 4.59. The lowest BCUT2D eigenvalue weighted by atomic mass is 9.84. The fourth-order valence-corrected chi connectivity index (χ4v) is 2.58. The maximum absolute atomic E-state index is 13.1. The van der Waals surface area contributed by atoms with Gasteiger partial charge in [-0.1, -0.05) is 39.0 Å². The highest BCUT2D eigenvalue weighted by Gasteiger charge is 2.32. The van der Waals surface area contributed by atoms with Crippen molar-refractivity contribution >= 4 is 6.09 Å². The minimum atomic E-state index is -1.30. The van der Waals surface area contributed by atoms with Crippen molar-refractivity contribution in [3.05, 3.63) is 48.3 Å². The predicted octanol–water partition coefficient (Wildman–Crippen LogP) is 3.06. The first-order valence-electron chi connectivity index (χ1n) is 8.08. The first-order valence-corrected chi connectivity index (χ1v) is 8.08. The molecule has 4 nitrogen and oxygen atoms in total. The number of aliphatic hydroxyl groups is 1. The van der Waals surface area contributed by atoms with Crippen LogP contribution in [0, 0.1) is 11.2 Å². The van der Waals surface area contributed by atoms with E-state index in [2.05, 4.69) is 6.58 Å². The number of carbonyl (C=O) groups is 1. The van der Waals surface area contributed by atoms with Crippen molar-refractivity contribution in [3.8, 4) is 0 Å². The molecule has 1 unspecified atom stereocenters. The molecule has 5 heteroatoms. The molecule has 0 spiro atoms. The molecule has 0 aliphatic heterocycles. The van der Waals surface area contributed by atoms with E-state index in [1.165, 1.54) is 29.2 Å². The van der Waals surface area contributed by atoms with Gasteiger partial charge in [-0.25, -0.2) is 4.39 Å². The summed E-state index contributed by atoms with van der Waals surface area (Å²) in [5.74, 6) is -0.391. The minimum Gasteiger partial charge on any atom is -0.530 e. The monoisotopic (exact) mass is 336 g/mol. The number of carboxylic acid groups (broad SMARTS) is 1. The highest BCUT2D eigenvalue weighted by atomic mass is 19.1. The Labute approximate surface area is 143 Å². The Morgan fingerprint density at radius 2 is 1.92 bits per heavy atom. The molecule has 1 N–H and O–H groups in total. The Bertz CT molecular complexity index is 565. The van der Waals surface area contributed by atoms with E-state index in [-0.39, 0.29) is 30.8 Å². The van der Waals surface area contributed by atoms with Gasteiger partial charge in [0.1, 0.15) is 11.9 Å². The Morgan fingerprint density at radius 1 is 1.38 bits per heavy atom. The zero-order chi connectivity index (χ0) is 18.5. The van der Waals surface area contributed by atoms with Gasteiger partial charge < -0.3 is 19.9 Å². The van der Waals surface area contributed by atoms with Gasteiger partial charge in [-0.3, -0.25) is 0 Å². The minimum absolute atomic E-state index is 0.114. The summed E-state index contributed by atoms with van der Waals surface area (Å²) in [6.45, 7) is 11.4. The standard InChI is InChI=1S/C19H28FNO3/c1-6-11-19(24,15-7-9-16(20)10-8-15)12-13-21(17(22)23)14(2)18(3,4)5/h6-10,14,24H,1,11-13H2,2-5H3,(H,22,23)/p-1/t14-,19?/m0/s1.